The van der Waals surface area contributed by atoms with E-state index in [2.05, 4.69) is 20.5 Å². The van der Waals surface area contributed by atoms with Crippen molar-refractivity contribution >= 4 is 22.4 Å². The van der Waals surface area contributed by atoms with Gasteiger partial charge >= 0.3 is 0 Å². The normalized spacial score (nSPS) is 18.9. The Hall–Kier alpha value is -0.980. The predicted octanol–water partition coefficient (Wildman–Crippen LogP) is 0.684. The summed E-state index contributed by atoms with van der Waals surface area (Å²) in [6.07, 6.45) is 0. The lowest BCUT2D eigenvalue weighted by molar-refractivity contribution is -0.120. The van der Waals surface area contributed by atoms with E-state index in [4.69, 9.17) is 0 Å². The van der Waals surface area contributed by atoms with Gasteiger partial charge in [0.15, 0.2) is 5.13 Å². The van der Waals surface area contributed by atoms with Crippen molar-refractivity contribution in [2.24, 2.45) is 0 Å². The van der Waals surface area contributed by atoms with Crippen LogP contribution in [0.5, 0.6) is 0 Å². The maximum Gasteiger partial charge on any atom is 0.243 e. The van der Waals surface area contributed by atoms with Crippen molar-refractivity contribution in [3.8, 4) is 0 Å². The number of nitrogens with zero attached hydrogens (tertiary/aromatic N) is 2. The molecule has 0 aliphatic carbocycles. The minimum atomic E-state index is -0.0960. The smallest absolute Gasteiger partial charge is 0.243 e. The van der Waals surface area contributed by atoms with Crippen molar-refractivity contribution in [3.05, 3.63) is 11.1 Å². The molecule has 0 radical (unpaired) electrons. The number of rotatable bonds is 3. The minimum absolute atomic E-state index is 0.0289. The topological polar surface area (TPSA) is 57.3 Å². The van der Waals surface area contributed by atoms with Gasteiger partial charge in [-0.05, 0) is 13.8 Å². The fourth-order valence-corrected chi connectivity index (χ4v) is 2.55. The number of anilines is 1. The lowest BCUT2D eigenvalue weighted by Gasteiger charge is -2.31. The molecule has 0 spiro atoms. The summed E-state index contributed by atoms with van der Waals surface area (Å²) in [5.41, 5.74) is 0.945. The third-order valence-electron chi connectivity index (χ3n) is 2.93. The minimum Gasteiger partial charge on any atom is -0.314 e. The van der Waals surface area contributed by atoms with Crippen LogP contribution in [0.3, 0.4) is 0 Å². The van der Waals surface area contributed by atoms with E-state index in [0.29, 0.717) is 5.13 Å². The van der Waals surface area contributed by atoms with Crippen LogP contribution in [0.15, 0.2) is 5.38 Å². The Kier molecular flexibility index (Phi) is 4.09. The van der Waals surface area contributed by atoms with Crippen LogP contribution in [-0.2, 0) is 4.79 Å². The summed E-state index contributed by atoms with van der Waals surface area (Å²) in [6, 6.07) is -0.0960. The number of hydrogen-bond donors (Lipinski definition) is 2. The van der Waals surface area contributed by atoms with Gasteiger partial charge < -0.3 is 10.6 Å². The molecule has 17 heavy (non-hydrogen) atoms. The fraction of sp³-hybridized carbons (Fsp3) is 0.636. The van der Waals surface area contributed by atoms with Gasteiger partial charge in [0.2, 0.25) is 5.91 Å². The number of piperazine rings is 1. The van der Waals surface area contributed by atoms with Crippen molar-refractivity contribution < 1.29 is 4.79 Å². The van der Waals surface area contributed by atoms with E-state index in [1.807, 2.05) is 19.2 Å². The van der Waals surface area contributed by atoms with Gasteiger partial charge in [0.05, 0.1) is 11.7 Å². The molecule has 0 saturated carbocycles. The van der Waals surface area contributed by atoms with Crippen molar-refractivity contribution in [1.29, 1.82) is 0 Å². The van der Waals surface area contributed by atoms with Gasteiger partial charge in [-0.3, -0.25) is 9.69 Å². The molecule has 1 unspecified atom stereocenters. The summed E-state index contributed by atoms with van der Waals surface area (Å²) < 4.78 is 0. The van der Waals surface area contributed by atoms with Gasteiger partial charge in [-0.25, -0.2) is 4.98 Å². The van der Waals surface area contributed by atoms with E-state index in [1.54, 1.807) is 0 Å². The molecule has 6 heteroatoms. The number of aromatic nitrogens is 1. The van der Waals surface area contributed by atoms with E-state index in [-0.39, 0.29) is 11.9 Å². The number of carbonyl (C=O) groups excluding carboxylic acids is 1. The molecule has 1 atom stereocenters. The van der Waals surface area contributed by atoms with Gasteiger partial charge in [0, 0.05) is 31.6 Å². The molecule has 1 saturated heterocycles. The average Bonchev–Trinajstić information content (AvgIpc) is 2.75. The molecule has 1 aliphatic rings. The molecule has 1 aromatic heterocycles. The number of aryl methyl sites for hydroxylation is 1. The van der Waals surface area contributed by atoms with E-state index in [9.17, 15) is 4.79 Å². The molecule has 0 aromatic carbocycles. The van der Waals surface area contributed by atoms with Crippen LogP contribution in [-0.4, -0.2) is 48.0 Å². The second-order valence-electron chi connectivity index (χ2n) is 4.25. The zero-order valence-electron chi connectivity index (χ0n) is 10.2. The molecule has 1 amide bonds. The van der Waals surface area contributed by atoms with Crippen molar-refractivity contribution in [1.82, 2.24) is 15.2 Å². The molecule has 2 N–H and O–H groups in total. The Labute approximate surface area is 105 Å². The highest BCUT2D eigenvalue weighted by molar-refractivity contribution is 7.13. The summed E-state index contributed by atoms with van der Waals surface area (Å²) in [7, 11) is 0. The Morgan fingerprint density at radius 3 is 2.88 bits per heavy atom. The first-order valence-corrected chi connectivity index (χ1v) is 6.72. The lowest BCUT2D eigenvalue weighted by Crippen LogP contribution is -2.51. The predicted molar refractivity (Wildman–Crippen MR) is 69.4 cm³/mol. The first kappa shape index (κ1) is 12.5. The van der Waals surface area contributed by atoms with Gasteiger partial charge in [0.25, 0.3) is 0 Å². The lowest BCUT2D eigenvalue weighted by atomic mass is 10.2. The highest BCUT2D eigenvalue weighted by Gasteiger charge is 2.23. The molecule has 2 heterocycles. The molecule has 1 fully saturated rings. The van der Waals surface area contributed by atoms with Crippen LogP contribution in [0.4, 0.5) is 5.13 Å². The van der Waals surface area contributed by atoms with Crippen molar-refractivity contribution in [3.63, 3.8) is 0 Å². The average molecular weight is 254 g/mol. The van der Waals surface area contributed by atoms with Crippen LogP contribution in [0.1, 0.15) is 12.6 Å². The largest absolute Gasteiger partial charge is 0.314 e. The van der Waals surface area contributed by atoms with Crippen LogP contribution in [0.25, 0.3) is 0 Å². The number of thiazole rings is 1. The monoisotopic (exact) mass is 254 g/mol. The van der Waals surface area contributed by atoms with Gasteiger partial charge in [-0.2, -0.15) is 0 Å². The third kappa shape index (κ3) is 3.24. The number of hydrogen-bond acceptors (Lipinski definition) is 5. The SMILES string of the molecule is Cc1csc(NC(=O)C(C)N2CCNCC2)n1. The van der Waals surface area contributed by atoms with Gasteiger partial charge in [-0.1, -0.05) is 0 Å². The number of carbonyl (C=O) groups is 1. The highest BCUT2D eigenvalue weighted by Crippen LogP contribution is 2.15. The molecule has 2 rings (SSSR count). The van der Waals surface area contributed by atoms with Gasteiger partial charge in [0.1, 0.15) is 0 Å². The maximum absolute atomic E-state index is 12.0. The second kappa shape index (κ2) is 5.57. The zero-order chi connectivity index (χ0) is 12.3. The van der Waals surface area contributed by atoms with Crippen molar-refractivity contribution in [2.45, 2.75) is 19.9 Å². The molecule has 1 aliphatic heterocycles. The number of nitrogens with one attached hydrogen (secondary N) is 2. The Morgan fingerprint density at radius 1 is 1.59 bits per heavy atom. The number of amides is 1. The molecular formula is C11H18N4OS. The van der Waals surface area contributed by atoms with Crippen LogP contribution >= 0.6 is 11.3 Å². The quantitative estimate of drug-likeness (QED) is 0.833. The van der Waals surface area contributed by atoms with E-state index in [0.717, 1.165) is 31.9 Å². The summed E-state index contributed by atoms with van der Waals surface area (Å²) in [5, 5.41) is 8.77. The Balaban J connectivity index is 1.90. The summed E-state index contributed by atoms with van der Waals surface area (Å²) in [5.74, 6) is 0.0289. The summed E-state index contributed by atoms with van der Waals surface area (Å²) in [4.78, 5) is 18.4. The molecule has 94 valence electrons. The third-order valence-corrected chi connectivity index (χ3v) is 3.80. The summed E-state index contributed by atoms with van der Waals surface area (Å²) >= 11 is 1.47. The zero-order valence-corrected chi connectivity index (χ0v) is 11.0. The van der Waals surface area contributed by atoms with Crippen LogP contribution < -0.4 is 10.6 Å². The van der Waals surface area contributed by atoms with Crippen LogP contribution in [0.2, 0.25) is 0 Å². The molecule has 5 nitrogen and oxygen atoms in total. The Morgan fingerprint density at radius 2 is 2.29 bits per heavy atom. The van der Waals surface area contributed by atoms with E-state index >= 15 is 0 Å². The summed E-state index contributed by atoms with van der Waals surface area (Å²) in [6.45, 7) is 7.62. The van der Waals surface area contributed by atoms with Crippen LogP contribution in [0, 0.1) is 6.92 Å². The van der Waals surface area contributed by atoms with E-state index in [1.165, 1.54) is 11.3 Å². The Bertz CT molecular complexity index is 387. The van der Waals surface area contributed by atoms with Crippen molar-refractivity contribution in [2.75, 3.05) is 31.5 Å². The molecule has 1 aromatic rings. The standard InChI is InChI=1S/C11H18N4OS/c1-8-7-17-11(13-8)14-10(16)9(2)15-5-3-12-4-6-15/h7,9,12H,3-6H2,1-2H3,(H,13,14,16). The molecule has 0 bridgehead atoms. The van der Waals surface area contributed by atoms with E-state index < -0.39 is 0 Å². The fourth-order valence-electron chi connectivity index (χ4n) is 1.86. The highest BCUT2D eigenvalue weighted by atomic mass is 32.1. The second-order valence-corrected chi connectivity index (χ2v) is 5.10. The maximum atomic E-state index is 12.0. The first-order chi connectivity index (χ1) is 8.16. The van der Waals surface area contributed by atoms with Gasteiger partial charge in [-0.15, -0.1) is 11.3 Å². The molecular weight excluding hydrogens is 236 g/mol. The first-order valence-electron chi connectivity index (χ1n) is 5.84.